The maximum absolute atomic E-state index is 11.1. The van der Waals surface area contributed by atoms with Crippen LogP contribution in [0.1, 0.15) is 19.8 Å². The van der Waals surface area contributed by atoms with Gasteiger partial charge in [-0.3, -0.25) is 0 Å². The summed E-state index contributed by atoms with van der Waals surface area (Å²) >= 11 is 0. The lowest BCUT2D eigenvalue weighted by Crippen LogP contribution is -2.45. The number of nitrogens with one attached hydrogen (secondary N) is 2. The number of rotatable bonds is 6. The summed E-state index contributed by atoms with van der Waals surface area (Å²) in [5.74, 6) is -1.01. The second-order valence-electron chi connectivity index (χ2n) is 2.82. The zero-order chi connectivity index (χ0) is 11.0. The molecule has 1 atom stereocenters. The first-order valence-corrected chi connectivity index (χ1v) is 4.49. The first-order chi connectivity index (χ1) is 6.61. The third kappa shape index (κ3) is 5.18. The van der Waals surface area contributed by atoms with E-state index in [1.807, 2.05) is 6.92 Å². The van der Waals surface area contributed by atoms with Gasteiger partial charge in [0.25, 0.3) is 0 Å². The lowest BCUT2D eigenvalue weighted by atomic mass is 10.2. The average Bonchev–Trinajstić information content (AvgIpc) is 2.14. The summed E-state index contributed by atoms with van der Waals surface area (Å²) < 4.78 is 0. The van der Waals surface area contributed by atoms with E-state index in [2.05, 4.69) is 17.2 Å². The molecule has 0 bridgehead atoms. The molecular formula is C9H16N2O3. The van der Waals surface area contributed by atoms with E-state index in [-0.39, 0.29) is 0 Å². The minimum atomic E-state index is -1.01. The maximum atomic E-state index is 11.1. The zero-order valence-electron chi connectivity index (χ0n) is 8.25. The van der Waals surface area contributed by atoms with E-state index in [4.69, 9.17) is 5.11 Å². The lowest BCUT2D eigenvalue weighted by Gasteiger charge is -2.13. The summed E-state index contributed by atoms with van der Waals surface area (Å²) in [6.45, 7) is 5.61. The molecule has 0 aliphatic carbocycles. The standard InChI is InChI=1S/C9H16N2O3/c1-3-5-7(8(12)13)11-9(14)10-6-4-2/h4,7H,2-3,5-6H2,1H3,(H,12,13)(H2,10,11,14)/t7-/m0/s1. The fraction of sp³-hybridized carbons (Fsp3) is 0.556. The zero-order valence-corrected chi connectivity index (χ0v) is 8.25. The predicted molar refractivity (Wildman–Crippen MR) is 53.1 cm³/mol. The predicted octanol–water partition coefficient (Wildman–Crippen LogP) is 0.725. The van der Waals surface area contributed by atoms with Gasteiger partial charge in [-0.15, -0.1) is 6.58 Å². The second-order valence-corrected chi connectivity index (χ2v) is 2.82. The number of carbonyl (C=O) groups excluding carboxylic acids is 1. The van der Waals surface area contributed by atoms with E-state index >= 15 is 0 Å². The Morgan fingerprint density at radius 2 is 2.21 bits per heavy atom. The van der Waals surface area contributed by atoms with Crippen molar-refractivity contribution in [1.29, 1.82) is 0 Å². The van der Waals surface area contributed by atoms with Crippen LogP contribution in [0.4, 0.5) is 4.79 Å². The SMILES string of the molecule is C=CCNC(=O)N[C@@H](CCC)C(=O)O. The van der Waals surface area contributed by atoms with Crippen LogP contribution in [0, 0.1) is 0 Å². The van der Waals surface area contributed by atoms with Crippen LogP contribution in [0.5, 0.6) is 0 Å². The van der Waals surface area contributed by atoms with Gasteiger partial charge in [0, 0.05) is 6.54 Å². The van der Waals surface area contributed by atoms with Crippen molar-refractivity contribution in [1.82, 2.24) is 10.6 Å². The number of carboxylic acid groups (broad SMARTS) is 1. The monoisotopic (exact) mass is 200 g/mol. The molecule has 80 valence electrons. The number of hydrogen-bond donors (Lipinski definition) is 3. The molecule has 0 rings (SSSR count). The highest BCUT2D eigenvalue weighted by Gasteiger charge is 2.17. The number of carboxylic acids is 1. The quantitative estimate of drug-likeness (QED) is 0.553. The van der Waals surface area contributed by atoms with E-state index in [1.54, 1.807) is 0 Å². The van der Waals surface area contributed by atoms with Crippen LogP contribution in [0.15, 0.2) is 12.7 Å². The van der Waals surface area contributed by atoms with E-state index in [9.17, 15) is 9.59 Å². The second kappa shape index (κ2) is 6.94. The summed E-state index contributed by atoms with van der Waals surface area (Å²) in [7, 11) is 0. The van der Waals surface area contributed by atoms with E-state index in [1.165, 1.54) is 6.08 Å². The fourth-order valence-electron chi connectivity index (χ4n) is 0.920. The van der Waals surface area contributed by atoms with Crippen LogP contribution >= 0.6 is 0 Å². The third-order valence-corrected chi connectivity index (χ3v) is 1.59. The Balaban J connectivity index is 3.95. The van der Waals surface area contributed by atoms with Gasteiger partial charge < -0.3 is 15.7 Å². The summed E-state index contributed by atoms with van der Waals surface area (Å²) in [4.78, 5) is 21.7. The van der Waals surface area contributed by atoms with Crippen molar-refractivity contribution in [2.45, 2.75) is 25.8 Å². The highest BCUT2D eigenvalue weighted by Crippen LogP contribution is 1.96. The van der Waals surface area contributed by atoms with Crippen molar-refractivity contribution < 1.29 is 14.7 Å². The number of amides is 2. The smallest absolute Gasteiger partial charge is 0.326 e. The molecule has 0 aromatic carbocycles. The highest BCUT2D eigenvalue weighted by molar-refractivity contribution is 5.82. The van der Waals surface area contributed by atoms with Crippen molar-refractivity contribution in [3.8, 4) is 0 Å². The van der Waals surface area contributed by atoms with Gasteiger partial charge in [0.15, 0.2) is 0 Å². The van der Waals surface area contributed by atoms with E-state index < -0.39 is 18.0 Å². The minimum Gasteiger partial charge on any atom is -0.480 e. The summed E-state index contributed by atoms with van der Waals surface area (Å²) in [6, 6.07) is -1.30. The molecule has 0 heterocycles. The number of aliphatic carboxylic acids is 1. The average molecular weight is 200 g/mol. The Kier molecular flexibility index (Phi) is 6.19. The molecular weight excluding hydrogens is 184 g/mol. The summed E-state index contributed by atoms with van der Waals surface area (Å²) in [5.41, 5.74) is 0. The largest absolute Gasteiger partial charge is 0.480 e. The molecule has 5 heteroatoms. The van der Waals surface area contributed by atoms with Gasteiger partial charge >= 0.3 is 12.0 Å². The van der Waals surface area contributed by atoms with Crippen molar-refractivity contribution >= 4 is 12.0 Å². The van der Waals surface area contributed by atoms with Gasteiger partial charge in [-0.2, -0.15) is 0 Å². The molecule has 0 saturated carbocycles. The Bertz CT molecular complexity index is 216. The normalized spacial score (nSPS) is 11.5. The molecule has 0 unspecified atom stereocenters. The van der Waals surface area contributed by atoms with Crippen LogP contribution < -0.4 is 10.6 Å². The molecule has 0 saturated heterocycles. The van der Waals surface area contributed by atoms with Crippen LogP contribution in [0.3, 0.4) is 0 Å². The van der Waals surface area contributed by atoms with Gasteiger partial charge in [-0.1, -0.05) is 19.4 Å². The molecule has 0 aliphatic rings. The molecule has 5 nitrogen and oxygen atoms in total. The maximum Gasteiger partial charge on any atom is 0.326 e. The third-order valence-electron chi connectivity index (χ3n) is 1.59. The lowest BCUT2D eigenvalue weighted by molar-refractivity contribution is -0.139. The Morgan fingerprint density at radius 1 is 1.57 bits per heavy atom. The van der Waals surface area contributed by atoms with Gasteiger partial charge in [0.1, 0.15) is 6.04 Å². The topological polar surface area (TPSA) is 78.4 Å². The molecule has 0 aliphatic heterocycles. The van der Waals surface area contributed by atoms with Crippen molar-refractivity contribution in [2.24, 2.45) is 0 Å². The molecule has 14 heavy (non-hydrogen) atoms. The molecule has 0 spiro atoms. The molecule has 3 N–H and O–H groups in total. The number of carbonyl (C=O) groups is 2. The van der Waals surface area contributed by atoms with Gasteiger partial charge in [0.05, 0.1) is 0 Å². The van der Waals surface area contributed by atoms with Crippen LogP contribution in [-0.2, 0) is 4.79 Å². The minimum absolute atomic E-state index is 0.324. The van der Waals surface area contributed by atoms with Crippen molar-refractivity contribution in [2.75, 3.05) is 6.54 Å². The van der Waals surface area contributed by atoms with Crippen LogP contribution in [0.2, 0.25) is 0 Å². The molecule has 0 fully saturated rings. The van der Waals surface area contributed by atoms with Crippen LogP contribution in [0.25, 0.3) is 0 Å². The van der Waals surface area contributed by atoms with Crippen molar-refractivity contribution in [3.05, 3.63) is 12.7 Å². The van der Waals surface area contributed by atoms with E-state index in [0.717, 1.165) is 0 Å². The Labute approximate surface area is 83.2 Å². The van der Waals surface area contributed by atoms with Crippen LogP contribution in [-0.4, -0.2) is 29.7 Å². The van der Waals surface area contributed by atoms with Gasteiger partial charge in [-0.05, 0) is 6.42 Å². The summed E-state index contributed by atoms with van der Waals surface area (Å²) in [6.07, 6.45) is 2.66. The highest BCUT2D eigenvalue weighted by atomic mass is 16.4. The number of urea groups is 1. The fourth-order valence-corrected chi connectivity index (χ4v) is 0.920. The molecule has 0 radical (unpaired) electrons. The molecule has 2 amide bonds. The summed E-state index contributed by atoms with van der Waals surface area (Å²) in [5, 5.41) is 13.5. The first kappa shape index (κ1) is 12.5. The van der Waals surface area contributed by atoms with E-state index in [0.29, 0.717) is 19.4 Å². The van der Waals surface area contributed by atoms with Crippen molar-refractivity contribution in [3.63, 3.8) is 0 Å². The Morgan fingerprint density at radius 3 is 2.64 bits per heavy atom. The first-order valence-electron chi connectivity index (χ1n) is 4.49. The molecule has 0 aromatic rings. The molecule has 0 aromatic heterocycles. The Hall–Kier alpha value is -1.52. The van der Waals surface area contributed by atoms with Gasteiger partial charge in [-0.25, -0.2) is 9.59 Å². The number of hydrogen-bond acceptors (Lipinski definition) is 2. The van der Waals surface area contributed by atoms with Gasteiger partial charge in [0.2, 0.25) is 0 Å².